The Morgan fingerprint density at radius 2 is 2.28 bits per heavy atom. The first-order chi connectivity index (χ1) is 12.0. The topological polar surface area (TPSA) is 94.5 Å². The molecule has 138 valence electrons. The van der Waals surface area contributed by atoms with E-state index in [1.807, 2.05) is 16.7 Å². The summed E-state index contributed by atoms with van der Waals surface area (Å²) in [5.41, 5.74) is 2.84. The molecule has 0 aromatic heterocycles. The Morgan fingerprint density at radius 3 is 2.96 bits per heavy atom. The molecular formula is C17H25N3O5. The molecule has 1 fully saturated rings. The summed E-state index contributed by atoms with van der Waals surface area (Å²) in [7, 11) is 1.69. The Balaban J connectivity index is 1.77. The lowest BCUT2D eigenvalue weighted by Crippen LogP contribution is -2.51. The fourth-order valence-electron chi connectivity index (χ4n) is 3.36. The van der Waals surface area contributed by atoms with Gasteiger partial charge < -0.3 is 14.6 Å². The number of carbonyl (C=O) groups excluding carboxylic acids is 1. The number of carbonyl (C=O) groups is 1. The lowest BCUT2D eigenvalue weighted by atomic mass is 10.1. The molecule has 8 nitrogen and oxygen atoms in total. The monoisotopic (exact) mass is 351 g/mol. The van der Waals surface area contributed by atoms with Crippen LogP contribution in [0.1, 0.15) is 29.3 Å². The van der Waals surface area contributed by atoms with Gasteiger partial charge in [0.25, 0.3) is 5.91 Å². The van der Waals surface area contributed by atoms with Crippen LogP contribution >= 0.6 is 0 Å². The van der Waals surface area contributed by atoms with Crippen molar-refractivity contribution in [2.24, 2.45) is 0 Å². The van der Waals surface area contributed by atoms with Crippen LogP contribution in [0.5, 0.6) is 5.75 Å². The van der Waals surface area contributed by atoms with Gasteiger partial charge in [-0.25, -0.2) is 5.48 Å². The predicted molar refractivity (Wildman–Crippen MR) is 89.2 cm³/mol. The number of likely N-dealkylation sites (tertiary alicyclic amines) is 1. The molecule has 3 N–H and O–H groups in total. The van der Waals surface area contributed by atoms with Gasteiger partial charge in [-0.3, -0.25) is 19.8 Å². The maximum Gasteiger partial charge on any atom is 0.274 e. The molecule has 25 heavy (non-hydrogen) atoms. The fraction of sp³-hybridized carbons (Fsp3) is 0.588. The zero-order valence-electron chi connectivity index (χ0n) is 14.5. The van der Waals surface area contributed by atoms with Crippen molar-refractivity contribution >= 4 is 5.91 Å². The lowest BCUT2D eigenvalue weighted by Gasteiger charge is -2.36. The van der Waals surface area contributed by atoms with Crippen molar-refractivity contribution in [3.8, 4) is 5.75 Å². The summed E-state index contributed by atoms with van der Waals surface area (Å²) in [5, 5.41) is 19.6. The van der Waals surface area contributed by atoms with Crippen molar-refractivity contribution < 1.29 is 24.6 Å². The number of methoxy groups -OCH3 is 1. The van der Waals surface area contributed by atoms with Crippen LogP contribution < -0.4 is 10.2 Å². The van der Waals surface area contributed by atoms with E-state index in [-0.39, 0.29) is 12.1 Å². The average molecular weight is 351 g/mol. The number of rotatable bonds is 4. The standard InChI is InChI=1S/C17H25N3O5/c1-11-10-25-15-7-12(16(21)18-23)3-4-13(15)8-20(11)17(22)19-6-5-14(9-19)24-2/h3-4,7,11,14,17,22-23H,5-6,8-10H2,1-2H3,(H,18,21)/t11-,14?,17?/m0/s1. The number of amides is 1. The van der Waals surface area contributed by atoms with Gasteiger partial charge in [-0.1, -0.05) is 6.07 Å². The molecule has 1 aromatic carbocycles. The Kier molecular flexibility index (Phi) is 5.55. The third kappa shape index (κ3) is 3.78. The van der Waals surface area contributed by atoms with Crippen LogP contribution in [-0.4, -0.2) is 71.3 Å². The number of nitrogens with zero attached hydrogens (tertiary/aromatic N) is 2. The summed E-state index contributed by atoms with van der Waals surface area (Å²) in [4.78, 5) is 15.6. The first kappa shape index (κ1) is 18.1. The Morgan fingerprint density at radius 1 is 1.48 bits per heavy atom. The van der Waals surface area contributed by atoms with Crippen molar-refractivity contribution in [3.05, 3.63) is 29.3 Å². The molecule has 1 saturated heterocycles. The van der Waals surface area contributed by atoms with Gasteiger partial charge in [-0.2, -0.15) is 0 Å². The molecular weight excluding hydrogens is 326 g/mol. The van der Waals surface area contributed by atoms with Crippen molar-refractivity contribution in [1.82, 2.24) is 15.3 Å². The number of hydroxylamine groups is 1. The van der Waals surface area contributed by atoms with Crippen molar-refractivity contribution in [2.45, 2.75) is 38.4 Å². The molecule has 3 rings (SSSR count). The maximum absolute atomic E-state index is 11.6. The van der Waals surface area contributed by atoms with Crippen LogP contribution in [0, 0.1) is 0 Å². The Labute approximate surface area is 146 Å². The van der Waals surface area contributed by atoms with E-state index < -0.39 is 12.3 Å². The van der Waals surface area contributed by atoms with Crippen molar-refractivity contribution in [2.75, 3.05) is 26.8 Å². The van der Waals surface area contributed by atoms with Gasteiger partial charge in [-0.05, 0) is 25.5 Å². The van der Waals surface area contributed by atoms with E-state index in [0.717, 1.165) is 18.5 Å². The number of aliphatic hydroxyl groups excluding tert-OH is 1. The van der Waals surface area contributed by atoms with E-state index in [4.69, 9.17) is 14.7 Å². The van der Waals surface area contributed by atoms with E-state index in [2.05, 4.69) is 0 Å². The number of aliphatic hydroxyl groups is 1. The molecule has 1 amide bonds. The van der Waals surface area contributed by atoms with Gasteiger partial charge in [0.05, 0.1) is 6.10 Å². The van der Waals surface area contributed by atoms with Gasteiger partial charge in [0.1, 0.15) is 12.4 Å². The molecule has 8 heteroatoms. The van der Waals surface area contributed by atoms with Gasteiger partial charge in [0.2, 0.25) is 0 Å². The molecule has 2 aliphatic heterocycles. The van der Waals surface area contributed by atoms with Gasteiger partial charge in [-0.15, -0.1) is 0 Å². The van der Waals surface area contributed by atoms with E-state index in [1.54, 1.807) is 30.8 Å². The highest BCUT2D eigenvalue weighted by atomic mass is 16.5. The van der Waals surface area contributed by atoms with Crippen LogP contribution in [-0.2, 0) is 11.3 Å². The number of fused-ring (bicyclic) bond motifs is 1. The number of benzene rings is 1. The minimum absolute atomic E-state index is 0.000821. The van der Waals surface area contributed by atoms with Gasteiger partial charge in [0, 0.05) is 43.9 Å². The molecule has 0 spiro atoms. The quantitative estimate of drug-likeness (QED) is 0.533. The van der Waals surface area contributed by atoms with Crippen LogP contribution in [0.2, 0.25) is 0 Å². The zero-order valence-corrected chi connectivity index (χ0v) is 14.5. The smallest absolute Gasteiger partial charge is 0.274 e. The molecule has 2 unspecified atom stereocenters. The van der Waals surface area contributed by atoms with Gasteiger partial charge >= 0.3 is 0 Å². The van der Waals surface area contributed by atoms with E-state index in [1.165, 1.54) is 0 Å². The Hall–Kier alpha value is -1.71. The number of hydrogen-bond donors (Lipinski definition) is 3. The van der Waals surface area contributed by atoms with E-state index in [0.29, 0.717) is 31.0 Å². The summed E-state index contributed by atoms with van der Waals surface area (Å²) in [5.74, 6) is 0.0158. The number of ether oxygens (including phenoxy) is 2. The summed E-state index contributed by atoms with van der Waals surface area (Å²) in [6.45, 7) is 4.39. The average Bonchev–Trinajstić information content (AvgIpc) is 3.06. The summed E-state index contributed by atoms with van der Waals surface area (Å²) in [6.07, 6.45) is 0.341. The highest BCUT2D eigenvalue weighted by Crippen LogP contribution is 2.28. The molecule has 0 radical (unpaired) electrons. The maximum atomic E-state index is 11.6. The van der Waals surface area contributed by atoms with Crippen LogP contribution in [0.25, 0.3) is 0 Å². The van der Waals surface area contributed by atoms with Crippen LogP contribution in [0.4, 0.5) is 0 Å². The van der Waals surface area contributed by atoms with Crippen molar-refractivity contribution in [1.29, 1.82) is 0 Å². The second-order valence-electron chi connectivity index (χ2n) is 6.58. The van der Waals surface area contributed by atoms with Crippen LogP contribution in [0.3, 0.4) is 0 Å². The molecule has 2 aliphatic rings. The first-order valence-electron chi connectivity index (χ1n) is 8.44. The number of hydrogen-bond acceptors (Lipinski definition) is 7. The molecule has 0 saturated carbocycles. The minimum Gasteiger partial charge on any atom is -0.492 e. The summed E-state index contributed by atoms with van der Waals surface area (Å²) < 4.78 is 11.2. The van der Waals surface area contributed by atoms with Gasteiger partial charge in [0.15, 0.2) is 6.35 Å². The lowest BCUT2D eigenvalue weighted by molar-refractivity contribution is -0.128. The Bertz CT molecular complexity index is 626. The third-order valence-electron chi connectivity index (χ3n) is 4.96. The van der Waals surface area contributed by atoms with E-state index >= 15 is 0 Å². The highest BCUT2D eigenvalue weighted by Gasteiger charge is 2.34. The fourth-order valence-corrected chi connectivity index (χ4v) is 3.36. The molecule has 0 bridgehead atoms. The first-order valence-corrected chi connectivity index (χ1v) is 8.44. The second kappa shape index (κ2) is 7.67. The largest absolute Gasteiger partial charge is 0.492 e. The molecule has 0 aliphatic carbocycles. The highest BCUT2D eigenvalue weighted by molar-refractivity contribution is 5.93. The molecule has 2 heterocycles. The zero-order chi connectivity index (χ0) is 18.0. The normalized spacial score (nSPS) is 25.8. The predicted octanol–water partition coefficient (Wildman–Crippen LogP) is 0.385. The minimum atomic E-state index is -0.717. The van der Waals surface area contributed by atoms with Crippen LogP contribution in [0.15, 0.2) is 18.2 Å². The summed E-state index contributed by atoms with van der Waals surface area (Å²) >= 11 is 0. The number of nitrogens with one attached hydrogen (secondary N) is 1. The molecule has 1 aromatic rings. The third-order valence-corrected chi connectivity index (χ3v) is 4.96. The summed E-state index contributed by atoms with van der Waals surface area (Å²) in [6, 6.07) is 5.03. The molecule has 3 atom stereocenters. The van der Waals surface area contributed by atoms with Crippen molar-refractivity contribution in [3.63, 3.8) is 0 Å². The van der Waals surface area contributed by atoms with E-state index in [9.17, 15) is 9.90 Å². The SMILES string of the molecule is COC1CCN(C(O)N2Cc3ccc(C(=O)NO)cc3OC[C@@H]2C)C1. The second-order valence-corrected chi connectivity index (χ2v) is 6.58.